The van der Waals surface area contributed by atoms with E-state index in [-0.39, 0.29) is 5.75 Å². The van der Waals surface area contributed by atoms with Gasteiger partial charge in [0.15, 0.2) is 0 Å². The summed E-state index contributed by atoms with van der Waals surface area (Å²) in [5.74, 6) is 0.228. The summed E-state index contributed by atoms with van der Waals surface area (Å²) in [6.45, 7) is 2.20. The van der Waals surface area contributed by atoms with Crippen molar-refractivity contribution < 1.29 is 15.0 Å². The Labute approximate surface area is 127 Å². The maximum absolute atomic E-state index is 11.8. The summed E-state index contributed by atoms with van der Waals surface area (Å²) in [6.07, 6.45) is 7.77. The molecule has 116 valence electrons. The fourth-order valence-corrected chi connectivity index (χ4v) is 3.54. The van der Waals surface area contributed by atoms with E-state index in [1.165, 1.54) is 19.3 Å². The maximum Gasteiger partial charge on any atom is 0.309 e. The lowest BCUT2D eigenvalue weighted by molar-refractivity contribution is -0.151. The highest BCUT2D eigenvalue weighted by Crippen LogP contribution is 2.43. The monoisotopic (exact) mass is 290 g/mol. The van der Waals surface area contributed by atoms with Gasteiger partial charge in [-0.15, -0.1) is 0 Å². The quantitative estimate of drug-likeness (QED) is 0.817. The molecular formula is C18H26O3. The molecule has 3 heteroatoms. The van der Waals surface area contributed by atoms with Crippen molar-refractivity contribution >= 4 is 5.97 Å². The van der Waals surface area contributed by atoms with Crippen LogP contribution in [0.2, 0.25) is 0 Å². The van der Waals surface area contributed by atoms with Gasteiger partial charge < -0.3 is 10.2 Å². The van der Waals surface area contributed by atoms with Crippen LogP contribution >= 0.6 is 0 Å². The van der Waals surface area contributed by atoms with Gasteiger partial charge in [0.1, 0.15) is 5.75 Å². The van der Waals surface area contributed by atoms with E-state index >= 15 is 0 Å². The Kier molecular flexibility index (Phi) is 5.27. The predicted octanol–water partition coefficient (Wildman–Crippen LogP) is 4.39. The molecule has 0 heterocycles. The molecule has 0 saturated heterocycles. The van der Waals surface area contributed by atoms with E-state index in [4.69, 9.17) is 0 Å². The summed E-state index contributed by atoms with van der Waals surface area (Å²) in [7, 11) is 0. The fourth-order valence-electron chi connectivity index (χ4n) is 3.54. The Hall–Kier alpha value is -1.51. The molecule has 1 aliphatic carbocycles. The van der Waals surface area contributed by atoms with Crippen molar-refractivity contribution in [2.24, 2.45) is 11.3 Å². The molecule has 0 atom stereocenters. The van der Waals surface area contributed by atoms with Gasteiger partial charge in [-0.3, -0.25) is 4.79 Å². The standard InChI is InChI=1S/C18H26O3/c1-2-3-5-14-8-10-18(11-9-14,17(20)21)13-15-6-4-7-16(19)12-15/h4,6-7,12,14,19H,2-3,5,8-11,13H2,1H3,(H,20,21). The van der Waals surface area contributed by atoms with Gasteiger partial charge in [0.25, 0.3) is 0 Å². The predicted molar refractivity (Wildman–Crippen MR) is 83.4 cm³/mol. The van der Waals surface area contributed by atoms with Gasteiger partial charge in [0, 0.05) is 0 Å². The average Bonchev–Trinajstić information content (AvgIpc) is 2.46. The van der Waals surface area contributed by atoms with E-state index in [1.54, 1.807) is 18.2 Å². The molecule has 1 aromatic carbocycles. The number of carboxylic acid groups (broad SMARTS) is 1. The van der Waals surface area contributed by atoms with Crippen LogP contribution in [0.25, 0.3) is 0 Å². The number of unbranched alkanes of at least 4 members (excludes halogenated alkanes) is 1. The van der Waals surface area contributed by atoms with Crippen molar-refractivity contribution in [3.63, 3.8) is 0 Å². The summed E-state index contributed by atoms with van der Waals surface area (Å²) in [5, 5.41) is 19.3. The van der Waals surface area contributed by atoms with E-state index in [0.717, 1.165) is 31.2 Å². The lowest BCUT2D eigenvalue weighted by atomic mass is 9.66. The van der Waals surface area contributed by atoms with Crippen LogP contribution < -0.4 is 0 Å². The van der Waals surface area contributed by atoms with Crippen LogP contribution in [0.4, 0.5) is 0 Å². The minimum atomic E-state index is -0.681. The second kappa shape index (κ2) is 6.97. The van der Waals surface area contributed by atoms with Crippen molar-refractivity contribution in [2.45, 2.75) is 58.3 Å². The number of rotatable bonds is 6. The minimum Gasteiger partial charge on any atom is -0.508 e. The van der Waals surface area contributed by atoms with Gasteiger partial charge >= 0.3 is 5.97 Å². The molecule has 0 aromatic heterocycles. The Morgan fingerprint density at radius 1 is 1.33 bits per heavy atom. The Bertz CT molecular complexity index is 473. The van der Waals surface area contributed by atoms with Gasteiger partial charge in [-0.05, 0) is 55.7 Å². The van der Waals surface area contributed by atoms with Crippen LogP contribution in [-0.4, -0.2) is 16.2 Å². The van der Waals surface area contributed by atoms with Crippen LogP contribution in [0.1, 0.15) is 57.4 Å². The van der Waals surface area contributed by atoms with Crippen molar-refractivity contribution in [3.05, 3.63) is 29.8 Å². The number of aromatic hydroxyl groups is 1. The highest BCUT2D eigenvalue weighted by Gasteiger charge is 2.41. The first-order valence-electron chi connectivity index (χ1n) is 8.07. The average molecular weight is 290 g/mol. The molecule has 1 saturated carbocycles. The highest BCUT2D eigenvalue weighted by molar-refractivity contribution is 5.75. The minimum absolute atomic E-state index is 0.213. The summed E-state index contributed by atoms with van der Waals surface area (Å²) < 4.78 is 0. The first-order valence-corrected chi connectivity index (χ1v) is 8.07. The second-order valence-corrected chi connectivity index (χ2v) is 6.52. The molecule has 1 aliphatic rings. The Morgan fingerprint density at radius 2 is 2.05 bits per heavy atom. The summed E-state index contributed by atoms with van der Waals surface area (Å²) in [5.41, 5.74) is 0.278. The summed E-state index contributed by atoms with van der Waals surface area (Å²) in [4.78, 5) is 11.8. The number of hydrogen-bond acceptors (Lipinski definition) is 2. The molecule has 2 rings (SSSR count). The number of carboxylic acids is 1. The zero-order valence-corrected chi connectivity index (χ0v) is 12.8. The van der Waals surface area contributed by atoms with Crippen LogP contribution in [0.5, 0.6) is 5.75 Å². The third-order valence-corrected chi connectivity index (χ3v) is 4.93. The molecule has 1 fully saturated rings. The molecular weight excluding hydrogens is 264 g/mol. The highest BCUT2D eigenvalue weighted by atomic mass is 16.4. The van der Waals surface area contributed by atoms with Gasteiger partial charge in [0.2, 0.25) is 0 Å². The normalized spacial score (nSPS) is 25.7. The molecule has 0 aliphatic heterocycles. The van der Waals surface area contributed by atoms with Gasteiger partial charge in [-0.2, -0.15) is 0 Å². The van der Waals surface area contributed by atoms with Gasteiger partial charge in [0.05, 0.1) is 5.41 Å². The Balaban J connectivity index is 2.04. The zero-order valence-electron chi connectivity index (χ0n) is 12.8. The van der Waals surface area contributed by atoms with Crippen LogP contribution in [0, 0.1) is 11.3 Å². The van der Waals surface area contributed by atoms with Gasteiger partial charge in [-0.25, -0.2) is 0 Å². The number of hydrogen-bond donors (Lipinski definition) is 2. The number of phenolic OH excluding ortho intramolecular Hbond substituents is 1. The largest absolute Gasteiger partial charge is 0.508 e. The number of phenols is 1. The molecule has 0 unspecified atom stereocenters. The fraction of sp³-hybridized carbons (Fsp3) is 0.611. The molecule has 2 N–H and O–H groups in total. The first kappa shape index (κ1) is 15.9. The van der Waals surface area contributed by atoms with E-state index in [0.29, 0.717) is 12.3 Å². The van der Waals surface area contributed by atoms with Crippen molar-refractivity contribution in [3.8, 4) is 5.75 Å². The molecule has 0 amide bonds. The summed E-state index contributed by atoms with van der Waals surface area (Å²) in [6, 6.07) is 7.01. The molecule has 21 heavy (non-hydrogen) atoms. The Morgan fingerprint density at radius 3 is 2.62 bits per heavy atom. The lowest BCUT2D eigenvalue weighted by Gasteiger charge is -2.37. The van der Waals surface area contributed by atoms with E-state index < -0.39 is 11.4 Å². The second-order valence-electron chi connectivity index (χ2n) is 6.52. The third kappa shape index (κ3) is 3.99. The molecule has 1 aromatic rings. The molecule has 0 radical (unpaired) electrons. The number of aliphatic carboxylic acids is 1. The first-order chi connectivity index (χ1) is 10.1. The summed E-state index contributed by atoms with van der Waals surface area (Å²) >= 11 is 0. The molecule has 0 spiro atoms. The number of benzene rings is 1. The van der Waals surface area contributed by atoms with E-state index in [9.17, 15) is 15.0 Å². The maximum atomic E-state index is 11.8. The number of carbonyl (C=O) groups is 1. The molecule has 0 bridgehead atoms. The van der Waals surface area contributed by atoms with Crippen LogP contribution in [0.3, 0.4) is 0 Å². The van der Waals surface area contributed by atoms with Crippen molar-refractivity contribution in [1.82, 2.24) is 0 Å². The lowest BCUT2D eigenvalue weighted by Crippen LogP contribution is -2.37. The van der Waals surface area contributed by atoms with Gasteiger partial charge in [-0.1, -0.05) is 38.3 Å². The molecule has 3 nitrogen and oxygen atoms in total. The topological polar surface area (TPSA) is 57.5 Å². The smallest absolute Gasteiger partial charge is 0.309 e. The van der Waals surface area contributed by atoms with Crippen molar-refractivity contribution in [2.75, 3.05) is 0 Å². The van der Waals surface area contributed by atoms with E-state index in [1.807, 2.05) is 6.07 Å². The van der Waals surface area contributed by atoms with Crippen LogP contribution in [-0.2, 0) is 11.2 Å². The van der Waals surface area contributed by atoms with Crippen LogP contribution in [0.15, 0.2) is 24.3 Å². The van der Waals surface area contributed by atoms with Crippen molar-refractivity contribution in [1.29, 1.82) is 0 Å². The zero-order chi connectivity index (χ0) is 15.3. The van der Waals surface area contributed by atoms with E-state index in [2.05, 4.69) is 6.92 Å². The third-order valence-electron chi connectivity index (χ3n) is 4.93. The SMILES string of the molecule is CCCCC1CCC(Cc2cccc(O)c2)(C(=O)O)CC1.